The Morgan fingerprint density at radius 1 is 1.31 bits per heavy atom. The number of hydrogen-bond acceptors (Lipinski definition) is 2. The fraction of sp³-hybridized carbons (Fsp3) is 0.308. The van der Waals surface area contributed by atoms with Gasteiger partial charge in [-0.1, -0.05) is 11.6 Å². The lowest BCUT2D eigenvalue weighted by Crippen LogP contribution is -2.02. The van der Waals surface area contributed by atoms with Gasteiger partial charge in [-0.15, -0.1) is 0 Å². The van der Waals surface area contributed by atoms with Crippen LogP contribution in [0.15, 0.2) is 23.8 Å². The first kappa shape index (κ1) is 12.3. The van der Waals surface area contributed by atoms with Gasteiger partial charge in [0.25, 0.3) is 0 Å². The minimum atomic E-state index is -0.899. The number of aliphatic carboxylic acids is 1. The molecule has 0 heterocycles. The highest BCUT2D eigenvalue weighted by molar-refractivity contribution is 6.16. The van der Waals surface area contributed by atoms with E-state index in [0.717, 1.165) is 16.9 Å². The van der Waals surface area contributed by atoms with E-state index in [1.54, 1.807) is 33.1 Å². The van der Waals surface area contributed by atoms with E-state index in [1.807, 2.05) is 13.0 Å². The van der Waals surface area contributed by atoms with E-state index in [9.17, 15) is 4.79 Å². The molecule has 0 amide bonds. The second kappa shape index (κ2) is 4.84. The maximum absolute atomic E-state index is 11.1. The molecule has 0 spiro atoms. The minimum absolute atomic E-state index is 0.353. The zero-order valence-corrected chi connectivity index (χ0v) is 10.00. The number of methoxy groups -OCH3 is 1. The van der Waals surface area contributed by atoms with Crippen LogP contribution in [0.1, 0.15) is 25.0 Å². The van der Waals surface area contributed by atoms with Crippen LogP contribution in [-0.4, -0.2) is 18.2 Å². The normalized spacial score (nSPS) is 9.75. The molecule has 0 bridgehead atoms. The third-order valence-corrected chi connectivity index (χ3v) is 2.40. The summed E-state index contributed by atoms with van der Waals surface area (Å²) in [6, 6.07) is 5.38. The second-order valence-corrected chi connectivity index (χ2v) is 3.86. The summed E-state index contributed by atoms with van der Waals surface area (Å²) in [7, 11) is 1.60. The van der Waals surface area contributed by atoms with E-state index in [2.05, 4.69) is 0 Å². The lowest BCUT2D eigenvalue weighted by molar-refractivity contribution is -0.130. The van der Waals surface area contributed by atoms with Crippen LogP contribution < -0.4 is 4.74 Å². The Kier molecular flexibility index (Phi) is 3.72. The Balaban J connectivity index is 3.29. The van der Waals surface area contributed by atoms with Crippen molar-refractivity contribution < 1.29 is 14.6 Å². The fourth-order valence-electron chi connectivity index (χ4n) is 1.66. The van der Waals surface area contributed by atoms with E-state index in [0.29, 0.717) is 11.1 Å². The summed E-state index contributed by atoms with van der Waals surface area (Å²) < 4.78 is 5.14. The van der Waals surface area contributed by atoms with Crippen molar-refractivity contribution in [2.75, 3.05) is 7.11 Å². The molecule has 0 radical (unpaired) electrons. The summed E-state index contributed by atoms with van der Waals surface area (Å²) in [4.78, 5) is 11.1. The number of benzene rings is 1. The van der Waals surface area contributed by atoms with Gasteiger partial charge in [0.1, 0.15) is 5.75 Å². The summed E-state index contributed by atoms with van der Waals surface area (Å²) in [5.41, 5.74) is 2.79. The Morgan fingerprint density at radius 2 is 1.94 bits per heavy atom. The molecule has 0 aliphatic carbocycles. The molecule has 0 fully saturated rings. The number of aryl methyl sites for hydroxylation is 1. The standard InChI is InChI=1S/C13H16O3/c1-8(2)12(13(14)15)10-5-6-11(16-4)9(3)7-10/h5-7H,1-4H3,(H,14,15). The molecule has 3 nitrogen and oxygen atoms in total. The molecule has 0 aromatic heterocycles. The van der Waals surface area contributed by atoms with Gasteiger partial charge in [-0.2, -0.15) is 0 Å². The van der Waals surface area contributed by atoms with Gasteiger partial charge in [0.2, 0.25) is 0 Å². The largest absolute Gasteiger partial charge is 0.496 e. The van der Waals surface area contributed by atoms with Crippen LogP contribution in [0.2, 0.25) is 0 Å². The zero-order valence-electron chi connectivity index (χ0n) is 10.00. The van der Waals surface area contributed by atoms with Crippen LogP contribution in [0, 0.1) is 6.92 Å². The molecule has 1 aromatic rings. The molecule has 3 heteroatoms. The number of rotatable bonds is 3. The first-order chi connectivity index (χ1) is 7.47. The number of carboxylic acids is 1. The maximum atomic E-state index is 11.1. The monoisotopic (exact) mass is 220 g/mol. The average molecular weight is 220 g/mol. The number of allylic oxidation sites excluding steroid dienone is 1. The van der Waals surface area contributed by atoms with E-state index >= 15 is 0 Å². The van der Waals surface area contributed by atoms with Gasteiger partial charge in [-0.3, -0.25) is 0 Å². The molecule has 0 aliphatic heterocycles. The number of hydrogen-bond donors (Lipinski definition) is 1. The lowest BCUT2D eigenvalue weighted by Gasteiger charge is -2.09. The van der Waals surface area contributed by atoms with E-state index < -0.39 is 5.97 Å². The smallest absolute Gasteiger partial charge is 0.336 e. The highest BCUT2D eigenvalue weighted by Gasteiger charge is 2.13. The van der Waals surface area contributed by atoms with Crippen LogP contribution in [0.4, 0.5) is 0 Å². The van der Waals surface area contributed by atoms with Crippen molar-refractivity contribution in [3.63, 3.8) is 0 Å². The summed E-state index contributed by atoms with van der Waals surface area (Å²) in [6.07, 6.45) is 0. The van der Waals surface area contributed by atoms with Crippen LogP contribution in [0.5, 0.6) is 5.75 Å². The minimum Gasteiger partial charge on any atom is -0.496 e. The Morgan fingerprint density at radius 3 is 2.31 bits per heavy atom. The lowest BCUT2D eigenvalue weighted by atomic mass is 9.99. The Labute approximate surface area is 95.4 Å². The summed E-state index contributed by atoms with van der Waals surface area (Å²) >= 11 is 0. The number of ether oxygens (including phenoxy) is 1. The zero-order chi connectivity index (χ0) is 12.3. The molecule has 1 N–H and O–H groups in total. The predicted molar refractivity (Wildman–Crippen MR) is 63.6 cm³/mol. The van der Waals surface area contributed by atoms with Gasteiger partial charge in [0.05, 0.1) is 12.7 Å². The second-order valence-electron chi connectivity index (χ2n) is 3.86. The molecule has 1 rings (SSSR count). The van der Waals surface area contributed by atoms with Crippen molar-refractivity contribution in [1.29, 1.82) is 0 Å². The van der Waals surface area contributed by atoms with Crippen molar-refractivity contribution in [3.8, 4) is 5.75 Å². The van der Waals surface area contributed by atoms with Gasteiger partial charge in [0, 0.05) is 0 Å². The molecule has 0 saturated heterocycles. The molecule has 16 heavy (non-hydrogen) atoms. The van der Waals surface area contributed by atoms with Crippen LogP contribution in [0.25, 0.3) is 5.57 Å². The maximum Gasteiger partial charge on any atom is 0.336 e. The third-order valence-electron chi connectivity index (χ3n) is 2.40. The van der Waals surface area contributed by atoms with Gasteiger partial charge >= 0.3 is 5.97 Å². The van der Waals surface area contributed by atoms with Gasteiger partial charge < -0.3 is 9.84 Å². The summed E-state index contributed by atoms with van der Waals surface area (Å²) in [6.45, 7) is 5.48. The quantitative estimate of drug-likeness (QED) is 0.797. The molecule has 0 aliphatic rings. The van der Waals surface area contributed by atoms with Gasteiger partial charge in [-0.25, -0.2) is 4.79 Å². The first-order valence-corrected chi connectivity index (χ1v) is 5.03. The highest BCUT2D eigenvalue weighted by atomic mass is 16.5. The van der Waals surface area contributed by atoms with Crippen LogP contribution in [0.3, 0.4) is 0 Å². The van der Waals surface area contributed by atoms with Crippen molar-refractivity contribution in [3.05, 3.63) is 34.9 Å². The number of carboxylic acid groups (broad SMARTS) is 1. The Bertz CT molecular complexity index is 440. The molecule has 0 saturated carbocycles. The molecule has 86 valence electrons. The number of carbonyl (C=O) groups is 1. The fourth-order valence-corrected chi connectivity index (χ4v) is 1.66. The van der Waals surface area contributed by atoms with E-state index in [1.165, 1.54) is 0 Å². The van der Waals surface area contributed by atoms with Gasteiger partial charge in [-0.05, 0) is 44.0 Å². The predicted octanol–water partition coefficient (Wildman–Crippen LogP) is 2.88. The molecule has 0 unspecified atom stereocenters. The Hall–Kier alpha value is -1.77. The van der Waals surface area contributed by atoms with Crippen LogP contribution in [-0.2, 0) is 4.79 Å². The van der Waals surface area contributed by atoms with E-state index in [4.69, 9.17) is 9.84 Å². The van der Waals surface area contributed by atoms with E-state index in [-0.39, 0.29) is 0 Å². The average Bonchev–Trinajstić information content (AvgIpc) is 2.16. The van der Waals surface area contributed by atoms with Crippen molar-refractivity contribution >= 4 is 11.5 Å². The molecule has 0 atom stereocenters. The van der Waals surface area contributed by atoms with Crippen molar-refractivity contribution in [1.82, 2.24) is 0 Å². The van der Waals surface area contributed by atoms with Gasteiger partial charge in [0.15, 0.2) is 0 Å². The molecule has 1 aromatic carbocycles. The van der Waals surface area contributed by atoms with Crippen molar-refractivity contribution in [2.24, 2.45) is 0 Å². The topological polar surface area (TPSA) is 46.5 Å². The SMILES string of the molecule is COc1ccc(C(C(=O)O)=C(C)C)cc1C. The third kappa shape index (κ3) is 2.42. The molecular formula is C13H16O3. The molecular weight excluding hydrogens is 204 g/mol. The first-order valence-electron chi connectivity index (χ1n) is 5.03. The highest BCUT2D eigenvalue weighted by Crippen LogP contribution is 2.25. The summed E-state index contributed by atoms with van der Waals surface area (Å²) in [5, 5.41) is 9.13. The van der Waals surface area contributed by atoms with Crippen LogP contribution >= 0.6 is 0 Å². The van der Waals surface area contributed by atoms with Crippen molar-refractivity contribution in [2.45, 2.75) is 20.8 Å². The summed E-state index contributed by atoms with van der Waals surface area (Å²) in [5.74, 6) is -0.133.